The van der Waals surface area contributed by atoms with E-state index in [2.05, 4.69) is 10.3 Å². The summed E-state index contributed by atoms with van der Waals surface area (Å²) in [4.78, 5) is 30.4. The first-order valence-electron chi connectivity index (χ1n) is 10.8. The number of carbonyl (C=O) groups excluding carboxylic acids is 2. The highest BCUT2D eigenvalue weighted by atomic mass is 16.5. The van der Waals surface area contributed by atoms with E-state index in [9.17, 15) is 9.59 Å². The molecule has 1 unspecified atom stereocenters. The monoisotopic (exact) mass is 434 g/mol. The zero-order valence-electron chi connectivity index (χ0n) is 19.3. The molecule has 1 atom stereocenters. The van der Waals surface area contributed by atoms with Gasteiger partial charge in [0.25, 0.3) is 0 Å². The number of ether oxygens (including phenoxy) is 2. The van der Waals surface area contributed by atoms with Crippen LogP contribution in [0, 0.1) is 6.92 Å². The molecule has 1 aromatic heterocycles. The molecule has 3 rings (SSSR count). The predicted molar refractivity (Wildman–Crippen MR) is 123 cm³/mol. The van der Waals surface area contributed by atoms with Crippen LogP contribution in [0.2, 0.25) is 0 Å². The molecule has 6 heteroatoms. The van der Waals surface area contributed by atoms with E-state index >= 15 is 0 Å². The minimum absolute atomic E-state index is 0.243. The van der Waals surface area contributed by atoms with Crippen LogP contribution >= 0.6 is 0 Å². The summed E-state index contributed by atoms with van der Waals surface area (Å²) in [6.07, 6.45) is 3.65. The molecule has 0 fully saturated rings. The number of nitrogens with zero attached hydrogens (tertiary/aromatic N) is 1. The van der Waals surface area contributed by atoms with Gasteiger partial charge in [-0.3, -0.25) is 4.98 Å². The van der Waals surface area contributed by atoms with Gasteiger partial charge in [0.05, 0.1) is 29.8 Å². The summed E-state index contributed by atoms with van der Waals surface area (Å²) in [6, 6.07) is 11.8. The standard InChI is InChI=1S/C26H30N2O4/c1-16(2)32-26(30)23-19(5)28-18(4)22(24(23)21-7-6-13-27-15-21)25(29)31-14-12-20-10-8-17(3)9-11-20/h6-11,13,15-16,24,28H,12,14H2,1-5H3. The van der Waals surface area contributed by atoms with Crippen LogP contribution < -0.4 is 5.32 Å². The number of allylic oxidation sites excluding steroid dienone is 2. The Morgan fingerprint density at radius 1 is 1.00 bits per heavy atom. The molecule has 6 nitrogen and oxygen atoms in total. The van der Waals surface area contributed by atoms with E-state index in [1.165, 1.54) is 5.56 Å². The van der Waals surface area contributed by atoms with E-state index in [1.807, 2.05) is 51.1 Å². The average Bonchev–Trinajstić information content (AvgIpc) is 2.74. The fourth-order valence-corrected chi connectivity index (χ4v) is 3.79. The molecule has 2 heterocycles. The van der Waals surface area contributed by atoms with E-state index in [1.54, 1.807) is 32.3 Å². The van der Waals surface area contributed by atoms with Gasteiger partial charge in [-0.15, -0.1) is 0 Å². The second-order valence-electron chi connectivity index (χ2n) is 8.25. The van der Waals surface area contributed by atoms with Gasteiger partial charge in [0, 0.05) is 30.2 Å². The summed E-state index contributed by atoms with van der Waals surface area (Å²) in [6.45, 7) is 9.49. The van der Waals surface area contributed by atoms with Crippen LogP contribution in [0.25, 0.3) is 0 Å². The second kappa shape index (κ2) is 10.3. The third kappa shape index (κ3) is 5.44. The third-order valence-electron chi connectivity index (χ3n) is 5.31. The van der Waals surface area contributed by atoms with Crippen molar-refractivity contribution in [3.8, 4) is 0 Å². The zero-order chi connectivity index (χ0) is 23.3. The third-order valence-corrected chi connectivity index (χ3v) is 5.31. The highest BCUT2D eigenvalue weighted by Crippen LogP contribution is 2.39. The first-order valence-corrected chi connectivity index (χ1v) is 10.8. The SMILES string of the molecule is CC1=C(C(=O)OCCc2ccc(C)cc2)C(c2cccnc2)C(C(=O)OC(C)C)=C(C)N1. The lowest BCUT2D eigenvalue weighted by atomic mass is 9.81. The lowest BCUT2D eigenvalue weighted by Gasteiger charge is -2.30. The number of hydrogen-bond acceptors (Lipinski definition) is 6. The molecule has 0 spiro atoms. The molecule has 2 aromatic rings. The average molecular weight is 435 g/mol. The number of aryl methyl sites for hydroxylation is 1. The zero-order valence-corrected chi connectivity index (χ0v) is 19.3. The molecule has 1 N–H and O–H groups in total. The Hall–Kier alpha value is -3.41. The van der Waals surface area contributed by atoms with E-state index in [4.69, 9.17) is 9.47 Å². The van der Waals surface area contributed by atoms with Crippen molar-refractivity contribution in [3.05, 3.63) is 88.0 Å². The van der Waals surface area contributed by atoms with Gasteiger partial charge in [0.2, 0.25) is 0 Å². The van der Waals surface area contributed by atoms with E-state index < -0.39 is 17.9 Å². The molecule has 0 bridgehead atoms. The molecular formula is C26H30N2O4. The predicted octanol–water partition coefficient (Wildman–Crippen LogP) is 4.36. The molecule has 1 aliphatic rings. The quantitative estimate of drug-likeness (QED) is 0.653. The smallest absolute Gasteiger partial charge is 0.337 e. The molecular weight excluding hydrogens is 404 g/mol. The molecule has 168 valence electrons. The van der Waals surface area contributed by atoms with Crippen molar-refractivity contribution in [2.45, 2.75) is 53.1 Å². The number of nitrogens with one attached hydrogen (secondary N) is 1. The summed E-state index contributed by atoms with van der Waals surface area (Å²) in [5.74, 6) is -1.54. The summed E-state index contributed by atoms with van der Waals surface area (Å²) >= 11 is 0. The summed E-state index contributed by atoms with van der Waals surface area (Å²) in [5, 5.41) is 3.17. The van der Waals surface area contributed by atoms with E-state index in [0.717, 1.165) is 11.1 Å². The number of dihydropyridines is 1. The first kappa shape index (κ1) is 23.3. The van der Waals surface area contributed by atoms with Gasteiger partial charge in [0.1, 0.15) is 0 Å². The van der Waals surface area contributed by atoms with Crippen molar-refractivity contribution in [1.82, 2.24) is 10.3 Å². The van der Waals surface area contributed by atoms with Crippen LogP contribution in [-0.4, -0.2) is 29.6 Å². The van der Waals surface area contributed by atoms with Crippen molar-refractivity contribution >= 4 is 11.9 Å². The Kier molecular flexibility index (Phi) is 7.46. The van der Waals surface area contributed by atoms with Crippen molar-refractivity contribution in [2.75, 3.05) is 6.61 Å². The molecule has 0 saturated heterocycles. The van der Waals surface area contributed by atoms with Crippen molar-refractivity contribution in [1.29, 1.82) is 0 Å². The van der Waals surface area contributed by atoms with Gasteiger partial charge in [-0.1, -0.05) is 35.9 Å². The van der Waals surface area contributed by atoms with Gasteiger partial charge in [-0.05, 0) is 51.8 Å². The van der Waals surface area contributed by atoms with Crippen molar-refractivity contribution in [3.63, 3.8) is 0 Å². The topological polar surface area (TPSA) is 77.5 Å². The summed E-state index contributed by atoms with van der Waals surface area (Å²) in [5.41, 5.74) is 5.09. The van der Waals surface area contributed by atoms with Gasteiger partial charge in [-0.25, -0.2) is 9.59 Å². The molecule has 32 heavy (non-hydrogen) atoms. The second-order valence-corrected chi connectivity index (χ2v) is 8.25. The molecule has 1 aliphatic heterocycles. The Morgan fingerprint density at radius 3 is 2.25 bits per heavy atom. The van der Waals surface area contributed by atoms with Crippen molar-refractivity contribution in [2.24, 2.45) is 0 Å². The summed E-state index contributed by atoms with van der Waals surface area (Å²) < 4.78 is 11.1. The lowest BCUT2D eigenvalue weighted by Crippen LogP contribution is -2.33. The van der Waals surface area contributed by atoms with Gasteiger partial charge in [0.15, 0.2) is 0 Å². The number of esters is 2. The summed E-state index contributed by atoms with van der Waals surface area (Å²) in [7, 11) is 0. The Morgan fingerprint density at radius 2 is 1.66 bits per heavy atom. The number of rotatable bonds is 7. The van der Waals surface area contributed by atoms with Crippen molar-refractivity contribution < 1.29 is 19.1 Å². The maximum atomic E-state index is 13.2. The van der Waals surface area contributed by atoms with Gasteiger partial charge < -0.3 is 14.8 Å². The Balaban J connectivity index is 1.87. The van der Waals surface area contributed by atoms with Crippen LogP contribution in [0.4, 0.5) is 0 Å². The Bertz CT molecular complexity index is 1040. The number of benzene rings is 1. The molecule has 0 aliphatic carbocycles. The molecule has 0 radical (unpaired) electrons. The van der Waals surface area contributed by atoms with Gasteiger partial charge >= 0.3 is 11.9 Å². The fraction of sp³-hybridized carbons (Fsp3) is 0.346. The molecule has 0 saturated carbocycles. The van der Waals surface area contributed by atoms with Gasteiger partial charge in [-0.2, -0.15) is 0 Å². The fourth-order valence-electron chi connectivity index (χ4n) is 3.79. The normalized spacial score (nSPS) is 16.1. The number of aromatic nitrogens is 1. The van der Waals surface area contributed by atoms with Crippen LogP contribution in [-0.2, 0) is 25.5 Å². The number of pyridine rings is 1. The molecule has 0 amide bonds. The maximum Gasteiger partial charge on any atom is 0.337 e. The molecule has 1 aromatic carbocycles. The van der Waals surface area contributed by atoms with Crippen LogP contribution in [0.3, 0.4) is 0 Å². The minimum atomic E-state index is -0.622. The Labute approximate surface area is 189 Å². The number of hydrogen-bond donors (Lipinski definition) is 1. The van der Waals surface area contributed by atoms with E-state index in [0.29, 0.717) is 29.0 Å². The van der Waals surface area contributed by atoms with E-state index in [-0.39, 0.29) is 12.7 Å². The van der Waals surface area contributed by atoms with Crippen LogP contribution in [0.5, 0.6) is 0 Å². The lowest BCUT2D eigenvalue weighted by molar-refractivity contribution is -0.143. The minimum Gasteiger partial charge on any atom is -0.462 e. The largest absolute Gasteiger partial charge is 0.462 e. The number of carbonyl (C=O) groups is 2. The highest BCUT2D eigenvalue weighted by molar-refractivity contribution is 5.99. The maximum absolute atomic E-state index is 13.2. The first-order chi connectivity index (χ1) is 15.3. The van der Waals surface area contributed by atoms with Crippen LogP contribution in [0.15, 0.2) is 71.3 Å². The highest BCUT2D eigenvalue weighted by Gasteiger charge is 2.38. The van der Waals surface area contributed by atoms with Crippen LogP contribution in [0.1, 0.15) is 50.3 Å².